The Morgan fingerprint density at radius 2 is 1.67 bits per heavy atom. The number of aliphatic hydroxyl groups is 2. The summed E-state index contributed by atoms with van der Waals surface area (Å²) in [5.74, 6) is -1.82. The van der Waals surface area contributed by atoms with E-state index in [0.29, 0.717) is 6.42 Å². The van der Waals surface area contributed by atoms with Gasteiger partial charge in [-0.05, 0) is 55.8 Å². The van der Waals surface area contributed by atoms with Crippen LogP contribution < -0.4 is 10.0 Å². The predicted octanol–water partition coefficient (Wildman–Crippen LogP) is 2.15. The highest BCUT2D eigenvalue weighted by atomic mass is 35.5. The summed E-state index contributed by atoms with van der Waals surface area (Å²) in [5.41, 5.74) is -4.08. The third-order valence-corrected chi connectivity index (χ3v) is 8.93. The normalized spacial score (nSPS) is 19.0. The van der Waals surface area contributed by atoms with E-state index in [2.05, 4.69) is 4.72 Å². The standard InChI is InChI=1S/C20H21ClF3N3O7S2/c1-19(30,20(22,23)24)18(29)25-17-7-6-15(10-16(17)21)35(31,32)26-12-2-4-14(5-3-12)36(33,34)27-9-8-13(28)11-27/h2-7,10,13,26,28,30H,8-9,11H2,1H3,(H,25,29)/t13-,19-/m1/s1. The third kappa shape index (κ3) is 5.76. The average molecular weight is 572 g/mol. The molecule has 1 aliphatic heterocycles. The van der Waals surface area contributed by atoms with E-state index in [1.807, 2.05) is 0 Å². The quantitative estimate of drug-likeness (QED) is 0.397. The number of aliphatic hydroxyl groups excluding tert-OH is 1. The Labute approximate surface area is 209 Å². The van der Waals surface area contributed by atoms with Crippen molar-refractivity contribution in [3.8, 4) is 0 Å². The molecule has 0 spiro atoms. The molecule has 1 fully saturated rings. The Morgan fingerprint density at radius 1 is 1.08 bits per heavy atom. The van der Waals surface area contributed by atoms with Crippen molar-refractivity contribution in [3.63, 3.8) is 0 Å². The van der Waals surface area contributed by atoms with Crippen LogP contribution in [0, 0.1) is 0 Å². The summed E-state index contributed by atoms with van der Waals surface area (Å²) in [4.78, 5) is 11.3. The van der Waals surface area contributed by atoms with Gasteiger partial charge in [-0.15, -0.1) is 0 Å². The molecule has 198 valence electrons. The van der Waals surface area contributed by atoms with Gasteiger partial charge < -0.3 is 15.5 Å². The van der Waals surface area contributed by atoms with Gasteiger partial charge >= 0.3 is 6.18 Å². The number of amides is 1. The number of nitrogens with zero attached hydrogens (tertiary/aromatic N) is 1. The first-order valence-corrected chi connectivity index (χ1v) is 13.5. The lowest BCUT2D eigenvalue weighted by atomic mass is 10.1. The number of halogens is 4. The Hall–Kier alpha value is -2.43. The van der Waals surface area contributed by atoms with Crippen molar-refractivity contribution in [2.45, 2.75) is 41.0 Å². The fourth-order valence-corrected chi connectivity index (χ4v) is 5.99. The van der Waals surface area contributed by atoms with Gasteiger partial charge in [0.2, 0.25) is 15.6 Å². The number of benzene rings is 2. The maximum atomic E-state index is 12.8. The second-order valence-corrected chi connectivity index (χ2v) is 12.1. The lowest BCUT2D eigenvalue weighted by Gasteiger charge is -2.25. The zero-order valence-corrected chi connectivity index (χ0v) is 20.8. The third-order valence-electron chi connectivity index (χ3n) is 5.36. The number of rotatable bonds is 7. The van der Waals surface area contributed by atoms with E-state index in [0.717, 1.165) is 22.5 Å². The molecule has 4 N–H and O–H groups in total. The maximum Gasteiger partial charge on any atom is 0.426 e. The first-order chi connectivity index (χ1) is 16.4. The second-order valence-electron chi connectivity index (χ2n) is 8.10. The number of carbonyl (C=O) groups is 1. The van der Waals surface area contributed by atoms with Crippen LogP contribution in [-0.4, -0.2) is 68.2 Å². The van der Waals surface area contributed by atoms with Gasteiger partial charge in [0, 0.05) is 18.8 Å². The van der Waals surface area contributed by atoms with Crippen molar-refractivity contribution in [3.05, 3.63) is 47.5 Å². The van der Waals surface area contributed by atoms with Gasteiger partial charge in [-0.1, -0.05) is 11.6 Å². The first kappa shape index (κ1) is 28.1. The lowest BCUT2D eigenvalue weighted by molar-refractivity contribution is -0.242. The van der Waals surface area contributed by atoms with Crippen molar-refractivity contribution < 1.29 is 45.0 Å². The Balaban J connectivity index is 1.75. The largest absolute Gasteiger partial charge is 0.426 e. The molecular weight excluding hydrogens is 551 g/mol. The number of β-amino-alcohol motifs (C(OH)–C–C–N with tert-alkyl or cyclic N) is 1. The number of alkyl halides is 3. The molecule has 2 aromatic carbocycles. The average Bonchev–Trinajstić information content (AvgIpc) is 3.21. The van der Waals surface area contributed by atoms with Crippen LogP contribution in [0.2, 0.25) is 5.02 Å². The molecule has 10 nitrogen and oxygen atoms in total. The van der Waals surface area contributed by atoms with Crippen LogP contribution in [0.4, 0.5) is 24.5 Å². The number of sulfonamides is 2. The highest BCUT2D eigenvalue weighted by Gasteiger charge is 2.55. The van der Waals surface area contributed by atoms with E-state index < -0.39 is 53.8 Å². The molecule has 2 atom stereocenters. The van der Waals surface area contributed by atoms with Gasteiger partial charge in [0.25, 0.3) is 15.9 Å². The van der Waals surface area contributed by atoms with E-state index in [-0.39, 0.29) is 36.3 Å². The van der Waals surface area contributed by atoms with Gasteiger partial charge in [-0.3, -0.25) is 9.52 Å². The fraction of sp³-hybridized carbons (Fsp3) is 0.350. The predicted molar refractivity (Wildman–Crippen MR) is 123 cm³/mol. The smallest absolute Gasteiger partial charge is 0.392 e. The van der Waals surface area contributed by atoms with Crippen molar-refractivity contribution in [2.24, 2.45) is 0 Å². The zero-order chi connectivity index (χ0) is 27.1. The molecule has 2 aromatic rings. The van der Waals surface area contributed by atoms with E-state index in [9.17, 15) is 45.0 Å². The van der Waals surface area contributed by atoms with Crippen LogP contribution >= 0.6 is 11.6 Å². The molecule has 1 amide bonds. The van der Waals surface area contributed by atoms with Crippen LogP contribution in [0.3, 0.4) is 0 Å². The second kappa shape index (κ2) is 9.79. The summed E-state index contributed by atoms with van der Waals surface area (Å²) in [5, 5.41) is 20.4. The van der Waals surface area contributed by atoms with Crippen molar-refractivity contribution in [2.75, 3.05) is 23.1 Å². The molecule has 0 aliphatic carbocycles. The summed E-state index contributed by atoms with van der Waals surface area (Å²) < 4.78 is 92.4. The van der Waals surface area contributed by atoms with Gasteiger partial charge in [0.15, 0.2) is 0 Å². The molecule has 0 unspecified atom stereocenters. The van der Waals surface area contributed by atoms with Crippen molar-refractivity contribution in [1.82, 2.24) is 4.31 Å². The molecule has 1 aliphatic rings. The minimum Gasteiger partial charge on any atom is -0.392 e. The molecule has 36 heavy (non-hydrogen) atoms. The van der Waals surface area contributed by atoms with Crippen LogP contribution in [0.25, 0.3) is 0 Å². The van der Waals surface area contributed by atoms with E-state index in [1.54, 1.807) is 5.32 Å². The summed E-state index contributed by atoms with van der Waals surface area (Å²) in [6.07, 6.45) is -5.71. The molecule has 16 heteroatoms. The highest BCUT2D eigenvalue weighted by molar-refractivity contribution is 7.92. The van der Waals surface area contributed by atoms with Crippen molar-refractivity contribution in [1.29, 1.82) is 0 Å². The topological polar surface area (TPSA) is 153 Å². The molecule has 0 bridgehead atoms. The molecule has 3 rings (SSSR count). The first-order valence-electron chi connectivity index (χ1n) is 10.2. The van der Waals surface area contributed by atoms with Crippen LogP contribution in [-0.2, 0) is 24.8 Å². The van der Waals surface area contributed by atoms with Gasteiger partial charge in [-0.25, -0.2) is 16.8 Å². The number of hydrogen-bond donors (Lipinski definition) is 4. The summed E-state index contributed by atoms with van der Waals surface area (Å²) in [7, 11) is -8.14. The van der Waals surface area contributed by atoms with Gasteiger partial charge in [-0.2, -0.15) is 17.5 Å². The van der Waals surface area contributed by atoms with Crippen LogP contribution in [0.5, 0.6) is 0 Å². The molecule has 0 saturated carbocycles. The molecule has 1 heterocycles. The lowest BCUT2D eigenvalue weighted by Crippen LogP contribution is -2.52. The minimum atomic E-state index is -5.26. The van der Waals surface area contributed by atoms with E-state index in [1.165, 1.54) is 24.3 Å². The summed E-state index contributed by atoms with van der Waals surface area (Å²) in [6, 6.07) is 7.59. The fourth-order valence-electron chi connectivity index (χ4n) is 3.12. The maximum absolute atomic E-state index is 12.8. The molecule has 0 aromatic heterocycles. The number of anilines is 2. The number of nitrogens with one attached hydrogen (secondary N) is 2. The highest BCUT2D eigenvalue weighted by Crippen LogP contribution is 2.33. The summed E-state index contributed by atoms with van der Waals surface area (Å²) >= 11 is 5.93. The SMILES string of the molecule is C[C@@](O)(C(=O)Nc1ccc(S(=O)(=O)Nc2ccc(S(=O)(=O)N3CC[C@@H](O)C3)cc2)cc1Cl)C(F)(F)F. The van der Waals surface area contributed by atoms with E-state index in [4.69, 9.17) is 11.6 Å². The number of carbonyl (C=O) groups excluding carboxylic acids is 1. The Bertz CT molecular complexity index is 1370. The van der Waals surface area contributed by atoms with Crippen LogP contribution in [0.1, 0.15) is 13.3 Å². The van der Waals surface area contributed by atoms with Gasteiger partial charge in [0.1, 0.15) is 0 Å². The monoisotopic (exact) mass is 571 g/mol. The minimum absolute atomic E-state index is 0.00475. The molecule has 1 saturated heterocycles. The number of hydrogen-bond acceptors (Lipinski definition) is 7. The Kier molecular flexibility index (Phi) is 7.66. The zero-order valence-electron chi connectivity index (χ0n) is 18.5. The molecule has 0 radical (unpaired) electrons. The van der Waals surface area contributed by atoms with Gasteiger partial charge in [0.05, 0.1) is 26.6 Å². The molecular formula is C20H21ClF3N3O7S2. The van der Waals surface area contributed by atoms with Crippen LogP contribution in [0.15, 0.2) is 52.3 Å². The van der Waals surface area contributed by atoms with E-state index >= 15 is 0 Å². The van der Waals surface area contributed by atoms with Crippen molar-refractivity contribution >= 4 is 48.9 Å². The summed E-state index contributed by atoms with van der Waals surface area (Å²) in [6.45, 7) is 0.370. The Morgan fingerprint density at radius 3 is 2.17 bits per heavy atom.